The highest BCUT2D eigenvalue weighted by Crippen LogP contribution is 2.22. The van der Waals surface area contributed by atoms with E-state index in [4.69, 9.17) is 0 Å². The number of aliphatic carboxylic acids is 1. The lowest BCUT2D eigenvalue weighted by molar-refractivity contribution is -0.146. The third-order valence-corrected chi connectivity index (χ3v) is 8.15. The van der Waals surface area contributed by atoms with Gasteiger partial charge in [-0.25, -0.2) is 0 Å². The minimum atomic E-state index is -1.48. The van der Waals surface area contributed by atoms with E-state index in [0.29, 0.717) is 12.8 Å². The number of benzene rings is 1. The van der Waals surface area contributed by atoms with Gasteiger partial charge >= 0.3 is 5.97 Å². The Labute approximate surface area is 255 Å². The number of carboxylic acid groups (broad SMARTS) is 1. The summed E-state index contributed by atoms with van der Waals surface area (Å²) in [5.41, 5.74) is 1.55. The van der Waals surface area contributed by atoms with Gasteiger partial charge in [0.05, 0.1) is 6.42 Å². The normalized spacial score (nSPS) is 25.6. The van der Waals surface area contributed by atoms with Crippen molar-refractivity contribution in [3.05, 3.63) is 36.0 Å². The highest BCUT2D eigenvalue weighted by atomic mass is 16.4. The van der Waals surface area contributed by atoms with E-state index in [2.05, 4.69) is 26.3 Å². The van der Waals surface area contributed by atoms with Crippen LogP contribution in [0.3, 0.4) is 0 Å². The van der Waals surface area contributed by atoms with Gasteiger partial charge in [0.15, 0.2) is 0 Å². The minimum absolute atomic E-state index is 0.00858. The van der Waals surface area contributed by atoms with E-state index in [1.165, 1.54) is 4.90 Å². The molecule has 2 saturated heterocycles. The Kier molecular flexibility index (Phi) is 10.3. The summed E-state index contributed by atoms with van der Waals surface area (Å²) in [4.78, 5) is 84.4. The van der Waals surface area contributed by atoms with Crippen LogP contribution in [-0.4, -0.2) is 87.2 Å². The Hall–Kier alpha value is -4.42. The number of hydrogen-bond acceptors (Lipinski definition) is 6. The van der Waals surface area contributed by atoms with Gasteiger partial charge in [0.1, 0.15) is 30.2 Å². The van der Waals surface area contributed by atoms with E-state index in [0.717, 1.165) is 16.5 Å². The zero-order valence-corrected chi connectivity index (χ0v) is 25.5. The van der Waals surface area contributed by atoms with Gasteiger partial charge in [-0.15, -0.1) is 0 Å². The topological polar surface area (TPSA) is 190 Å². The third kappa shape index (κ3) is 7.56. The number of H-pyrrole nitrogens is 1. The maximum Gasteiger partial charge on any atom is 0.305 e. The summed E-state index contributed by atoms with van der Waals surface area (Å²) in [5, 5.41) is 21.3. The maximum atomic E-state index is 13.8. The monoisotopic (exact) mass is 610 g/mol. The van der Waals surface area contributed by atoms with Crippen LogP contribution in [0, 0.1) is 11.8 Å². The van der Waals surface area contributed by atoms with Crippen molar-refractivity contribution in [2.75, 3.05) is 6.54 Å². The quantitative estimate of drug-likeness (QED) is 0.268. The Morgan fingerprint density at radius 1 is 0.886 bits per heavy atom. The molecule has 4 rings (SSSR count). The van der Waals surface area contributed by atoms with E-state index >= 15 is 0 Å². The number of hydrogen-bond donors (Lipinski definition) is 6. The summed E-state index contributed by atoms with van der Waals surface area (Å²) >= 11 is 0. The smallest absolute Gasteiger partial charge is 0.305 e. The second-order valence-corrected chi connectivity index (χ2v) is 12.4. The Balaban J connectivity index is 1.76. The first kappa shape index (κ1) is 32.5. The van der Waals surface area contributed by atoms with Crippen molar-refractivity contribution in [3.8, 4) is 0 Å². The van der Waals surface area contributed by atoms with Crippen LogP contribution in [0.2, 0.25) is 0 Å². The van der Waals surface area contributed by atoms with Gasteiger partial charge < -0.3 is 36.3 Å². The van der Waals surface area contributed by atoms with Gasteiger partial charge in [0.25, 0.3) is 0 Å². The van der Waals surface area contributed by atoms with Crippen LogP contribution < -0.4 is 21.3 Å². The number of para-hydroxylation sites is 1. The molecule has 6 N–H and O–H groups in total. The molecule has 44 heavy (non-hydrogen) atoms. The second kappa shape index (κ2) is 13.9. The molecule has 0 saturated carbocycles. The Morgan fingerprint density at radius 3 is 2.23 bits per heavy atom. The number of nitrogens with one attached hydrogen (secondary N) is 5. The predicted octanol–water partition coefficient (Wildman–Crippen LogP) is 0.831. The first-order chi connectivity index (χ1) is 20.8. The molecule has 1 unspecified atom stereocenters. The van der Waals surface area contributed by atoms with Crippen molar-refractivity contribution in [2.45, 2.75) is 90.0 Å². The number of carboxylic acids is 1. The molecule has 13 heteroatoms. The molecular formula is C31H42N6O7. The number of nitrogens with zero attached hydrogens (tertiary/aromatic N) is 1. The lowest BCUT2D eigenvalue weighted by atomic mass is 9.98. The summed E-state index contributed by atoms with van der Waals surface area (Å²) in [6.07, 6.45) is 2.11. The molecule has 2 aliphatic heterocycles. The SMILES string of the molecule is CC(C)C[C@@H]1NC(=O)[C@@H](C(C)C)NC(=O)C2CCCN2C(=O)[C@@H](CC(=O)O)NC(=O)[C@@H](Cc2c[nH]c3ccccc23)NC1=O. The van der Waals surface area contributed by atoms with E-state index in [9.17, 15) is 33.9 Å². The first-order valence-electron chi connectivity index (χ1n) is 15.1. The van der Waals surface area contributed by atoms with Crippen LogP contribution in [0.25, 0.3) is 10.9 Å². The molecule has 0 spiro atoms. The summed E-state index contributed by atoms with van der Waals surface area (Å²) < 4.78 is 0. The fourth-order valence-electron chi connectivity index (χ4n) is 5.90. The molecule has 2 fully saturated rings. The van der Waals surface area contributed by atoms with E-state index in [-0.39, 0.29) is 31.2 Å². The molecule has 0 radical (unpaired) electrons. The standard InChI is InChI=1S/C31H42N6O7/c1-16(2)12-21-27(40)33-22(13-18-15-32-20-9-6-5-8-19(18)20)28(41)35-23(14-25(38)39)31(44)37-11-7-10-24(37)29(42)36-26(17(3)4)30(43)34-21/h5-6,8-9,15-17,21-24,26,32H,7,10-14H2,1-4H3,(H,33,40)(H,34,43)(H,35,41)(H,36,42)(H,38,39)/t21-,22+,23+,24?,26+/m0/s1. The minimum Gasteiger partial charge on any atom is -0.481 e. The zero-order valence-electron chi connectivity index (χ0n) is 25.5. The van der Waals surface area contributed by atoms with Gasteiger partial charge in [-0.3, -0.25) is 28.8 Å². The zero-order chi connectivity index (χ0) is 32.1. The van der Waals surface area contributed by atoms with Gasteiger partial charge in [-0.1, -0.05) is 45.9 Å². The van der Waals surface area contributed by atoms with Crippen LogP contribution in [0.4, 0.5) is 0 Å². The van der Waals surface area contributed by atoms with Crippen LogP contribution in [0.15, 0.2) is 30.5 Å². The lowest BCUT2D eigenvalue weighted by Crippen LogP contribution is -2.59. The summed E-state index contributed by atoms with van der Waals surface area (Å²) in [5.74, 6) is -4.86. The van der Waals surface area contributed by atoms with Gasteiger partial charge in [-0.2, -0.15) is 0 Å². The largest absolute Gasteiger partial charge is 0.481 e. The van der Waals surface area contributed by atoms with E-state index in [1.807, 2.05) is 38.1 Å². The fraction of sp³-hybridized carbons (Fsp3) is 0.548. The molecule has 1 aromatic heterocycles. The summed E-state index contributed by atoms with van der Waals surface area (Å²) in [6.45, 7) is 7.49. The van der Waals surface area contributed by atoms with Gasteiger partial charge in [0.2, 0.25) is 29.5 Å². The highest BCUT2D eigenvalue weighted by molar-refractivity contribution is 5.99. The molecule has 2 aliphatic rings. The van der Waals surface area contributed by atoms with Crippen molar-refractivity contribution < 1.29 is 33.9 Å². The number of amides is 5. The number of rotatable bonds is 7. The molecule has 5 amide bonds. The van der Waals surface area contributed by atoms with Crippen LogP contribution in [0.1, 0.15) is 58.9 Å². The molecule has 238 valence electrons. The van der Waals surface area contributed by atoms with Crippen molar-refractivity contribution in [3.63, 3.8) is 0 Å². The van der Waals surface area contributed by atoms with Crippen molar-refractivity contribution in [1.82, 2.24) is 31.2 Å². The van der Waals surface area contributed by atoms with Gasteiger partial charge in [0, 0.05) is 30.1 Å². The summed E-state index contributed by atoms with van der Waals surface area (Å²) in [6, 6.07) is 1.79. The van der Waals surface area contributed by atoms with Crippen molar-refractivity contribution in [1.29, 1.82) is 0 Å². The molecule has 1 aromatic carbocycles. The van der Waals surface area contributed by atoms with E-state index in [1.54, 1.807) is 20.0 Å². The Morgan fingerprint density at radius 2 is 1.55 bits per heavy atom. The fourth-order valence-corrected chi connectivity index (χ4v) is 5.90. The number of fused-ring (bicyclic) bond motifs is 2. The number of carbonyl (C=O) groups is 6. The molecule has 3 heterocycles. The first-order valence-corrected chi connectivity index (χ1v) is 15.1. The second-order valence-electron chi connectivity index (χ2n) is 12.4. The number of carbonyl (C=O) groups excluding carboxylic acids is 5. The summed E-state index contributed by atoms with van der Waals surface area (Å²) in [7, 11) is 0. The molecule has 5 atom stereocenters. The molecular weight excluding hydrogens is 568 g/mol. The number of aromatic nitrogens is 1. The number of aromatic amines is 1. The van der Waals surface area contributed by atoms with Gasteiger partial charge in [-0.05, 0) is 42.7 Å². The van der Waals surface area contributed by atoms with Crippen LogP contribution in [0.5, 0.6) is 0 Å². The molecule has 13 nitrogen and oxygen atoms in total. The molecule has 0 bridgehead atoms. The third-order valence-electron chi connectivity index (χ3n) is 8.15. The highest BCUT2D eigenvalue weighted by Gasteiger charge is 2.41. The predicted molar refractivity (Wildman–Crippen MR) is 161 cm³/mol. The van der Waals surface area contributed by atoms with Crippen LogP contribution >= 0.6 is 0 Å². The Bertz CT molecular complexity index is 1420. The average molecular weight is 611 g/mol. The lowest BCUT2D eigenvalue weighted by Gasteiger charge is -2.30. The average Bonchev–Trinajstić information content (AvgIpc) is 3.61. The van der Waals surface area contributed by atoms with E-state index < -0.39 is 72.1 Å². The molecule has 0 aliphatic carbocycles. The van der Waals surface area contributed by atoms with Crippen molar-refractivity contribution in [2.24, 2.45) is 11.8 Å². The maximum absolute atomic E-state index is 13.8. The van der Waals surface area contributed by atoms with Crippen molar-refractivity contribution >= 4 is 46.4 Å². The van der Waals surface area contributed by atoms with Crippen LogP contribution in [-0.2, 0) is 35.2 Å². The molecule has 2 aromatic rings.